The molecule has 0 spiro atoms. The fourth-order valence-corrected chi connectivity index (χ4v) is 0.913. The zero-order chi connectivity index (χ0) is 9.52. The predicted molar refractivity (Wildman–Crippen MR) is 49.0 cm³/mol. The van der Waals surface area contributed by atoms with Gasteiger partial charge in [0.1, 0.15) is 11.5 Å². The molecule has 13 heavy (non-hydrogen) atoms. The third-order valence-electron chi connectivity index (χ3n) is 1.35. The van der Waals surface area contributed by atoms with Crippen LogP contribution in [0.3, 0.4) is 0 Å². The van der Waals surface area contributed by atoms with Gasteiger partial charge in [0, 0.05) is 26.2 Å². The molecule has 4 nitrogen and oxygen atoms in total. The van der Waals surface area contributed by atoms with Gasteiger partial charge in [0.15, 0.2) is 0 Å². The van der Waals surface area contributed by atoms with Crippen LogP contribution in [-0.2, 0) is 4.74 Å². The smallest absolute Gasteiger partial charge is 0.217 e. The molecule has 0 N–H and O–H groups in total. The molecule has 0 aromatic carbocycles. The first-order valence-electron chi connectivity index (χ1n) is 3.92. The molecule has 0 unspecified atom stereocenters. The van der Waals surface area contributed by atoms with Crippen molar-refractivity contribution in [3.63, 3.8) is 0 Å². The molecule has 0 aliphatic heterocycles. The van der Waals surface area contributed by atoms with Crippen molar-refractivity contribution in [1.82, 2.24) is 9.97 Å². The van der Waals surface area contributed by atoms with E-state index in [0.29, 0.717) is 24.2 Å². The lowest BCUT2D eigenvalue weighted by Crippen LogP contribution is -2.02. The molecule has 1 aromatic rings. The largest absolute Gasteiger partial charge is 0.477 e. The summed E-state index contributed by atoms with van der Waals surface area (Å²) >= 11 is 5.63. The fraction of sp³-hybridized carbons (Fsp3) is 0.500. The van der Waals surface area contributed by atoms with Crippen LogP contribution in [0.5, 0.6) is 5.88 Å². The summed E-state index contributed by atoms with van der Waals surface area (Å²) in [4.78, 5) is 7.61. The summed E-state index contributed by atoms with van der Waals surface area (Å²) in [5.74, 6) is 0.496. The number of nitrogens with zero attached hydrogens (tertiary/aromatic N) is 2. The Morgan fingerprint density at radius 1 is 1.38 bits per heavy atom. The van der Waals surface area contributed by atoms with Crippen LogP contribution < -0.4 is 4.74 Å². The van der Waals surface area contributed by atoms with E-state index in [1.165, 1.54) is 6.33 Å². The maximum Gasteiger partial charge on any atom is 0.217 e. The van der Waals surface area contributed by atoms with Gasteiger partial charge in [0.2, 0.25) is 5.88 Å². The summed E-state index contributed by atoms with van der Waals surface area (Å²) in [6, 6.07) is 1.58. The summed E-state index contributed by atoms with van der Waals surface area (Å²) in [6.45, 7) is 1.25. The van der Waals surface area contributed by atoms with Crippen LogP contribution in [0.15, 0.2) is 12.4 Å². The average Bonchev–Trinajstić information content (AvgIpc) is 2.13. The average molecular weight is 203 g/mol. The van der Waals surface area contributed by atoms with Gasteiger partial charge < -0.3 is 9.47 Å². The molecule has 72 valence electrons. The fourth-order valence-electron chi connectivity index (χ4n) is 0.776. The van der Waals surface area contributed by atoms with Gasteiger partial charge in [-0.3, -0.25) is 0 Å². The minimum absolute atomic E-state index is 0.386. The van der Waals surface area contributed by atoms with E-state index in [0.717, 1.165) is 6.42 Å². The maximum atomic E-state index is 5.63. The van der Waals surface area contributed by atoms with E-state index in [4.69, 9.17) is 21.1 Å². The van der Waals surface area contributed by atoms with E-state index in [1.807, 2.05) is 0 Å². The Balaban J connectivity index is 2.28. The van der Waals surface area contributed by atoms with Crippen molar-refractivity contribution in [2.24, 2.45) is 0 Å². The van der Waals surface area contributed by atoms with Crippen LogP contribution in [0.2, 0.25) is 5.15 Å². The lowest BCUT2D eigenvalue weighted by Gasteiger charge is -2.03. The number of halogens is 1. The second-order valence-electron chi connectivity index (χ2n) is 2.37. The Hall–Kier alpha value is -0.870. The first kappa shape index (κ1) is 10.2. The van der Waals surface area contributed by atoms with Gasteiger partial charge in [-0.25, -0.2) is 9.97 Å². The topological polar surface area (TPSA) is 44.2 Å². The lowest BCUT2D eigenvalue weighted by molar-refractivity contribution is 0.170. The molecule has 0 saturated carbocycles. The zero-order valence-electron chi connectivity index (χ0n) is 7.36. The van der Waals surface area contributed by atoms with Crippen LogP contribution in [0.1, 0.15) is 6.42 Å². The van der Waals surface area contributed by atoms with E-state index in [1.54, 1.807) is 13.2 Å². The standard InChI is InChI=1S/C8H11ClN2O2/c1-12-3-2-4-13-8-5-7(9)10-6-11-8/h5-6H,2-4H2,1H3. The third-order valence-corrected chi connectivity index (χ3v) is 1.56. The molecule has 1 heterocycles. The molecular weight excluding hydrogens is 192 g/mol. The highest BCUT2D eigenvalue weighted by Gasteiger charge is 1.96. The Bertz CT molecular complexity index is 258. The molecule has 0 aliphatic rings. The van der Waals surface area contributed by atoms with Crippen molar-refractivity contribution < 1.29 is 9.47 Å². The van der Waals surface area contributed by atoms with Gasteiger partial charge in [-0.05, 0) is 0 Å². The van der Waals surface area contributed by atoms with Gasteiger partial charge in [-0.1, -0.05) is 11.6 Å². The Kier molecular flexibility index (Phi) is 4.49. The summed E-state index contributed by atoms with van der Waals surface area (Å²) in [5, 5.41) is 0.386. The van der Waals surface area contributed by atoms with Crippen molar-refractivity contribution in [1.29, 1.82) is 0 Å². The number of ether oxygens (including phenoxy) is 2. The first-order chi connectivity index (χ1) is 6.33. The maximum absolute atomic E-state index is 5.63. The molecular formula is C8H11ClN2O2. The highest BCUT2D eigenvalue weighted by atomic mass is 35.5. The molecule has 1 rings (SSSR count). The van der Waals surface area contributed by atoms with Gasteiger partial charge in [0.05, 0.1) is 6.61 Å². The molecule has 0 aliphatic carbocycles. The highest BCUT2D eigenvalue weighted by Crippen LogP contribution is 2.10. The van der Waals surface area contributed by atoms with E-state index in [9.17, 15) is 0 Å². The van der Waals surface area contributed by atoms with E-state index < -0.39 is 0 Å². The Morgan fingerprint density at radius 2 is 2.23 bits per heavy atom. The first-order valence-corrected chi connectivity index (χ1v) is 4.30. The molecule has 1 aromatic heterocycles. The van der Waals surface area contributed by atoms with Crippen LogP contribution in [0, 0.1) is 0 Å². The van der Waals surface area contributed by atoms with Crippen LogP contribution in [0.25, 0.3) is 0 Å². The van der Waals surface area contributed by atoms with Crippen molar-refractivity contribution in [2.75, 3.05) is 20.3 Å². The second kappa shape index (κ2) is 5.72. The van der Waals surface area contributed by atoms with Crippen LogP contribution in [0.4, 0.5) is 0 Å². The van der Waals surface area contributed by atoms with Gasteiger partial charge >= 0.3 is 0 Å². The Morgan fingerprint density at radius 3 is 2.92 bits per heavy atom. The number of hydrogen-bond acceptors (Lipinski definition) is 4. The van der Waals surface area contributed by atoms with E-state index >= 15 is 0 Å². The predicted octanol–water partition coefficient (Wildman–Crippen LogP) is 1.55. The minimum atomic E-state index is 0.386. The highest BCUT2D eigenvalue weighted by molar-refractivity contribution is 6.29. The number of methoxy groups -OCH3 is 1. The molecule has 5 heteroatoms. The third kappa shape index (κ3) is 4.05. The minimum Gasteiger partial charge on any atom is -0.477 e. The zero-order valence-corrected chi connectivity index (χ0v) is 8.12. The molecule has 0 atom stereocenters. The normalized spacial score (nSPS) is 10.0. The van der Waals surface area contributed by atoms with E-state index in [-0.39, 0.29) is 0 Å². The number of aromatic nitrogens is 2. The summed E-state index contributed by atoms with van der Waals surface area (Å²) in [6.07, 6.45) is 2.20. The SMILES string of the molecule is COCCCOc1cc(Cl)ncn1. The van der Waals surface area contributed by atoms with E-state index in [2.05, 4.69) is 9.97 Å². The molecule has 0 fully saturated rings. The summed E-state index contributed by atoms with van der Waals surface area (Å²) < 4.78 is 10.1. The van der Waals surface area contributed by atoms with Crippen molar-refractivity contribution in [3.05, 3.63) is 17.5 Å². The number of hydrogen-bond donors (Lipinski definition) is 0. The monoisotopic (exact) mass is 202 g/mol. The Labute approximate surface area is 81.9 Å². The van der Waals surface area contributed by atoms with Gasteiger partial charge in [-0.2, -0.15) is 0 Å². The van der Waals surface area contributed by atoms with Gasteiger partial charge in [0.25, 0.3) is 0 Å². The molecule has 0 bridgehead atoms. The van der Waals surface area contributed by atoms with Gasteiger partial charge in [-0.15, -0.1) is 0 Å². The van der Waals surface area contributed by atoms with Crippen molar-refractivity contribution >= 4 is 11.6 Å². The molecule has 0 saturated heterocycles. The quantitative estimate of drug-likeness (QED) is 0.537. The van der Waals surface area contributed by atoms with Crippen LogP contribution >= 0.6 is 11.6 Å². The second-order valence-corrected chi connectivity index (χ2v) is 2.76. The van der Waals surface area contributed by atoms with Crippen molar-refractivity contribution in [3.8, 4) is 5.88 Å². The summed E-state index contributed by atoms with van der Waals surface area (Å²) in [7, 11) is 1.65. The molecule has 0 radical (unpaired) electrons. The molecule has 0 amide bonds. The number of rotatable bonds is 5. The summed E-state index contributed by atoms with van der Waals surface area (Å²) in [5.41, 5.74) is 0. The lowest BCUT2D eigenvalue weighted by atomic mass is 10.5. The van der Waals surface area contributed by atoms with Crippen molar-refractivity contribution in [2.45, 2.75) is 6.42 Å². The van der Waals surface area contributed by atoms with Crippen LogP contribution in [-0.4, -0.2) is 30.3 Å².